The number of thiol groups is 1. The van der Waals surface area contributed by atoms with Crippen molar-refractivity contribution >= 4 is 53.2 Å². The average molecular weight is 551 g/mol. The first-order valence-electron chi connectivity index (χ1n) is 12.0. The molecule has 10 N–H and O–H groups in total. The van der Waals surface area contributed by atoms with Crippen molar-refractivity contribution in [3.05, 3.63) is 36.0 Å². The molecule has 0 radical (unpaired) electrons. The van der Waals surface area contributed by atoms with E-state index in [9.17, 15) is 29.1 Å². The van der Waals surface area contributed by atoms with Crippen LogP contribution in [0.15, 0.2) is 30.5 Å². The molecule has 38 heavy (non-hydrogen) atoms. The molecule has 0 aliphatic heterocycles. The monoisotopic (exact) mass is 550 g/mol. The normalized spacial score (nSPS) is 14.2. The molecule has 208 valence electrons. The number of H-pyrrole nitrogens is 1. The molecule has 0 saturated carbocycles. The van der Waals surface area contributed by atoms with Crippen molar-refractivity contribution in [2.45, 2.75) is 56.3 Å². The Balaban J connectivity index is 2.29. The van der Waals surface area contributed by atoms with Crippen LogP contribution >= 0.6 is 12.6 Å². The molecule has 14 heteroatoms. The van der Waals surface area contributed by atoms with Crippen LogP contribution in [0.2, 0.25) is 0 Å². The fraction of sp³-hybridized carbons (Fsp3) is 0.458. The van der Waals surface area contributed by atoms with Gasteiger partial charge in [0.1, 0.15) is 18.1 Å². The Labute approximate surface area is 224 Å². The molecule has 0 aliphatic rings. The summed E-state index contributed by atoms with van der Waals surface area (Å²) in [6.07, 6.45) is 2.25. The summed E-state index contributed by atoms with van der Waals surface area (Å²) in [4.78, 5) is 64.3. The fourth-order valence-electron chi connectivity index (χ4n) is 3.78. The third-order valence-corrected chi connectivity index (χ3v) is 6.21. The molecular weight excluding hydrogens is 516 g/mol. The van der Waals surface area contributed by atoms with Gasteiger partial charge >= 0.3 is 11.9 Å². The largest absolute Gasteiger partial charge is 0.481 e. The second kappa shape index (κ2) is 15.0. The molecule has 0 fully saturated rings. The maximum absolute atomic E-state index is 13.3. The minimum Gasteiger partial charge on any atom is -0.481 e. The third kappa shape index (κ3) is 9.04. The van der Waals surface area contributed by atoms with Crippen LogP contribution in [-0.2, 0) is 30.4 Å². The topological polar surface area (TPSA) is 230 Å². The second-order valence-corrected chi connectivity index (χ2v) is 9.12. The predicted octanol–water partition coefficient (Wildman–Crippen LogP) is -0.890. The minimum atomic E-state index is -1.38. The summed E-state index contributed by atoms with van der Waals surface area (Å²) in [5, 5.41) is 26.5. The molecule has 4 unspecified atom stereocenters. The number of carbonyl (C=O) groups excluding carboxylic acids is 3. The lowest BCUT2D eigenvalue weighted by atomic mass is 10.0. The summed E-state index contributed by atoms with van der Waals surface area (Å²) >= 11 is 3.97. The quantitative estimate of drug-likeness (QED) is 0.0931. The summed E-state index contributed by atoms with van der Waals surface area (Å²) in [6.45, 7) is 0.354. The van der Waals surface area contributed by atoms with Gasteiger partial charge in [-0.05, 0) is 37.4 Å². The average Bonchev–Trinajstić information content (AvgIpc) is 3.28. The van der Waals surface area contributed by atoms with Crippen molar-refractivity contribution in [3.63, 3.8) is 0 Å². The van der Waals surface area contributed by atoms with Gasteiger partial charge in [0.2, 0.25) is 17.7 Å². The molecule has 1 aromatic heterocycles. The molecule has 4 atom stereocenters. The number of nitrogens with two attached hydrogens (primary N) is 2. The number of hydrogen-bond donors (Lipinski definition) is 9. The molecular formula is C24H34N6O7S. The van der Waals surface area contributed by atoms with Crippen molar-refractivity contribution in [1.29, 1.82) is 0 Å². The minimum absolute atomic E-state index is 0.0164. The van der Waals surface area contributed by atoms with Gasteiger partial charge in [0.15, 0.2) is 0 Å². The Morgan fingerprint density at radius 3 is 2.18 bits per heavy atom. The van der Waals surface area contributed by atoms with Gasteiger partial charge in [-0.1, -0.05) is 18.2 Å². The first kappa shape index (κ1) is 30.6. The van der Waals surface area contributed by atoms with E-state index in [0.29, 0.717) is 24.9 Å². The third-order valence-electron chi connectivity index (χ3n) is 5.84. The van der Waals surface area contributed by atoms with Gasteiger partial charge in [-0.2, -0.15) is 12.6 Å². The van der Waals surface area contributed by atoms with E-state index < -0.39 is 60.2 Å². The molecule has 0 saturated heterocycles. The van der Waals surface area contributed by atoms with Crippen LogP contribution in [0.25, 0.3) is 10.9 Å². The van der Waals surface area contributed by atoms with Gasteiger partial charge in [0, 0.05) is 29.3 Å². The lowest BCUT2D eigenvalue weighted by molar-refractivity contribution is -0.141. The Morgan fingerprint density at radius 1 is 0.921 bits per heavy atom. The first-order chi connectivity index (χ1) is 18.1. The standard InChI is InChI=1S/C24H34N6O7S/c25-8-4-3-7-17(28-21(33)15(26)10-20(31)32)22(34)29-18(23(35)30-19(12-38)24(36)37)9-13-11-27-16-6-2-1-5-14(13)16/h1-2,5-6,11,15,17-19,27,38H,3-4,7-10,12,25-26H2,(H,28,33)(H,29,34)(H,30,35)(H,31,32)(H,36,37). The molecule has 3 amide bonds. The Hall–Kier alpha value is -3.62. The summed E-state index contributed by atoms with van der Waals surface area (Å²) in [6, 6.07) is 2.33. The highest BCUT2D eigenvalue weighted by molar-refractivity contribution is 7.80. The molecule has 0 aliphatic carbocycles. The number of carbonyl (C=O) groups is 5. The maximum Gasteiger partial charge on any atom is 0.327 e. The first-order valence-corrected chi connectivity index (χ1v) is 12.7. The van der Waals surface area contributed by atoms with Crippen molar-refractivity contribution in [2.24, 2.45) is 11.5 Å². The van der Waals surface area contributed by atoms with Crippen molar-refractivity contribution < 1.29 is 34.2 Å². The van der Waals surface area contributed by atoms with Crippen LogP contribution in [0.5, 0.6) is 0 Å². The lowest BCUT2D eigenvalue weighted by Gasteiger charge is -2.25. The second-order valence-electron chi connectivity index (χ2n) is 8.76. The summed E-state index contributed by atoms with van der Waals surface area (Å²) < 4.78 is 0. The number of carboxylic acid groups (broad SMARTS) is 2. The van der Waals surface area contributed by atoms with Crippen LogP contribution in [0.1, 0.15) is 31.2 Å². The number of hydrogen-bond acceptors (Lipinski definition) is 8. The van der Waals surface area contributed by atoms with E-state index in [-0.39, 0.29) is 18.6 Å². The number of para-hydroxylation sites is 1. The van der Waals surface area contributed by atoms with E-state index in [4.69, 9.17) is 16.6 Å². The van der Waals surface area contributed by atoms with Gasteiger partial charge < -0.3 is 42.6 Å². The maximum atomic E-state index is 13.3. The predicted molar refractivity (Wildman–Crippen MR) is 142 cm³/mol. The highest BCUT2D eigenvalue weighted by Crippen LogP contribution is 2.19. The van der Waals surface area contributed by atoms with E-state index in [1.165, 1.54) is 0 Å². The molecule has 2 aromatic rings. The molecule has 1 aromatic carbocycles. The van der Waals surface area contributed by atoms with Gasteiger partial charge in [0.05, 0.1) is 12.5 Å². The zero-order valence-electron chi connectivity index (χ0n) is 20.7. The number of fused-ring (bicyclic) bond motifs is 1. The number of aromatic nitrogens is 1. The number of amides is 3. The van der Waals surface area contributed by atoms with E-state index in [1.807, 2.05) is 24.3 Å². The highest BCUT2D eigenvalue weighted by atomic mass is 32.1. The summed E-state index contributed by atoms with van der Waals surface area (Å²) in [7, 11) is 0. The number of carboxylic acids is 2. The Bertz CT molecular complexity index is 1140. The smallest absolute Gasteiger partial charge is 0.327 e. The number of benzene rings is 1. The SMILES string of the molecule is NCCCCC(NC(=O)C(N)CC(=O)O)C(=O)NC(Cc1c[nH]c2ccccc12)C(=O)NC(CS)C(=O)O. The van der Waals surface area contributed by atoms with Crippen LogP contribution in [0.3, 0.4) is 0 Å². The van der Waals surface area contributed by atoms with Crippen molar-refractivity contribution in [1.82, 2.24) is 20.9 Å². The molecule has 0 bridgehead atoms. The molecule has 1 heterocycles. The van der Waals surface area contributed by atoms with Crippen molar-refractivity contribution in [2.75, 3.05) is 12.3 Å². The van der Waals surface area contributed by atoms with E-state index in [0.717, 1.165) is 10.9 Å². The number of aliphatic carboxylic acids is 2. The van der Waals surface area contributed by atoms with Gasteiger partial charge in [-0.25, -0.2) is 4.79 Å². The number of aromatic amines is 1. The van der Waals surface area contributed by atoms with Gasteiger partial charge in [-0.15, -0.1) is 0 Å². The van der Waals surface area contributed by atoms with E-state index in [2.05, 4.69) is 33.6 Å². The molecule has 0 spiro atoms. The van der Waals surface area contributed by atoms with Crippen LogP contribution in [0.4, 0.5) is 0 Å². The molecule has 13 nitrogen and oxygen atoms in total. The van der Waals surface area contributed by atoms with Crippen LogP contribution in [-0.4, -0.2) is 81.3 Å². The number of nitrogens with one attached hydrogen (secondary N) is 4. The number of unbranched alkanes of at least 4 members (excludes halogenated alkanes) is 1. The lowest BCUT2D eigenvalue weighted by Crippen LogP contribution is -2.58. The number of rotatable bonds is 16. The van der Waals surface area contributed by atoms with Crippen molar-refractivity contribution in [3.8, 4) is 0 Å². The van der Waals surface area contributed by atoms with Gasteiger partial charge in [0.25, 0.3) is 0 Å². The summed E-state index contributed by atoms with van der Waals surface area (Å²) in [5.74, 6) is -5.03. The summed E-state index contributed by atoms with van der Waals surface area (Å²) in [5.41, 5.74) is 12.7. The fourth-order valence-corrected chi connectivity index (χ4v) is 4.03. The zero-order chi connectivity index (χ0) is 28.2. The van der Waals surface area contributed by atoms with Crippen LogP contribution in [0, 0.1) is 0 Å². The van der Waals surface area contributed by atoms with Crippen LogP contribution < -0.4 is 27.4 Å². The van der Waals surface area contributed by atoms with E-state index >= 15 is 0 Å². The zero-order valence-corrected chi connectivity index (χ0v) is 21.6. The van der Waals surface area contributed by atoms with Gasteiger partial charge in [-0.3, -0.25) is 19.2 Å². The highest BCUT2D eigenvalue weighted by Gasteiger charge is 2.31. The van der Waals surface area contributed by atoms with E-state index in [1.54, 1.807) is 6.20 Å². The Morgan fingerprint density at radius 2 is 1.55 bits per heavy atom. The molecule has 2 rings (SSSR count). The Kier molecular flexibility index (Phi) is 12.0.